The largest absolute Gasteiger partial charge is 0.340 e. The fourth-order valence-corrected chi connectivity index (χ4v) is 2.59. The van der Waals surface area contributed by atoms with E-state index in [1.807, 2.05) is 13.8 Å². The minimum Gasteiger partial charge on any atom is -0.340 e. The van der Waals surface area contributed by atoms with E-state index in [0.717, 1.165) is 5.56 Å². The lowest BCUT2D eigenvalue weighted by atomic mass is 10.0. The lowest BCUT2D eigenvalue weighted by Gasteiger charge is -2.19. The number of nitrogens with one attached hydrogen (secondary N) is 2. The molecule has 2 aromatic carbocycles. The molecule has 0 spiro atoms. The minimum atomic E-state index is -0.699. The van der Waals surface area contributed by atoms with Crippen molar-refractivity contribution in [2.45, 2.75) is 26.3 Å². The fraction of sp³-hybridized carbons (Fsp3) is 0.250. The average Bonchev–Trinajstić information content (AvgIpc) is 2.63. The van der Waals surface area contributed by atoms with Crippen LogP contribution in [-0.4, -0.2) is 24.1 Å². The lowest BCUT2D eigenvalue weighted by molar-refractivity contribution is -0.123. The number of nitrogens with zero attached hydrogens (tertiary/aromatic N) is 1. The summed E-state index contributed by atoms with van der Waals surface area (Å²) in [5.41, 5.74) is 3.71. The van der Waals surface area contributed by atoms with Crippen molar-refractivity contribution in [1.82, 2.24) is 10.7 Å². The maximum atomic E-state index is 12.5. The Morgan fingerprint density at radius 2 is 1.56 bits per heavy atom. The highest BCUT2D eigenvalue weighted by Gasteiger charge is 2.22. The number of carbonyl (C=O) groups excluding carboxylic acids is 2. The molecule has 0 radical (unpaired) electrons. The number of hydrogen-bond donors (Lipinski definition) is 2. The van der Waals surface area contributed by atoms with Crippen molar-refractivity contribution in [2.24, 2.45) is 11.0 Å². The van der Waals surface area contributed by atoms with Crippen molar-refractivity contribution in [3.05, 3.63) is 69.7 Å². The SMILES string of the molecule is CC(C)CC(NC(=O)c1ccc(Cl)cc1)C(=O)NN=Cc1ccc(Cl)cc1. The molecule has 1 atom stereocenters. The van der Waals surface area contributed by atoms with Crippen LogP contribution in [0.2, 0.25) is 10.0 Å². The van der Waals surface area contributed by atoms with E-state index in [9.17, 15) is 9.59 Å². The lowest BCUT2D eigenvalue weighted by Crippen LogP contribution is -2.46. The van der Waals surface area contributed by atoms with Crippen molar-refractivity contribution in [3.63, 3.8) is 0 Å². The van der Waals surface area contributed by atoms with Gasteiger partial charge in [0.15, 0.2) is 0 Å². The Bertz CT molecular complexity index is 803. The molecule has 2 amide bonds. The first-order valence-corrected chi connectivity index (χ1v) is 9.25. The van der Waals surface area contributed by atoms with Crippen LogP contribution < -0.4 is 10.7 Å². The quantitative estimate of drug-likeness (QED) is 0.532. The molecular weight excluding hydrogens is 385 g/mol. The molecule has 5 nitrogen and oxygen atoms in total. The molecule has 0 aliphatic carbocycles. The Kier molecular flexibility index (Phi) is 7.82. The van der Waals surface area contributed by atoms with Gasteiger partial charge in [0.1, 0.15) is 6.04 Å². The number of amides is 2. The fourth-order valence-electron chi connectivity index (χ4n) is 2.34. The van der Waals surface area contributed by atoms with Gasteiger partial charge >= 0.3 is 0 Å². The summed E-state index contributed by atoms with van der Waals surface area (Å²) in [7, 11) is 0. The summed E-state index contributed by atoms with van der Waals surface area (Å²) >= 11 is 11.7. The Balaban J connectivity index is 2.01. The monoisotopic (exact) mass is 405 g/mol. The molecule has 0 saturated carbocycles. The summed E-state index contributed by atoms with van der Waals surface area (Å²) in [6, 6.07) is 12.8. The number of hydrazone groups is 1. The highest BCUT2D eigenvalue weighted by Crippen LogP contribution is 2.11. The number of hydrogen-bond acceptors (Lipinski definition) is 3. The molecular formula is C20H21Cl2N3O2. The maximum absolute atomic E-state index is 12.5. The molecule has 0 bridgehead atoms. The predicted octanol–water partition coefficient (Wildman–Crippen LogP) is 4.29. The highest BCUT2D eigenvalue weighted by atomic mass is 35.5. The summed E-state index contributed by atoms with van der Waals surface area (Å²) in [5, 5.41) is 7.87. The summed E-state index contributed by atoms with van der Waals surface area (Å²) in [5.74, 6) is -0.503. The van der Waals surface area contributed by atoms with Crippen molar-refractivity contribution in [2.75, 3.05) is 0 Å². The third-order valence-electron chi connectivity index (χ3n) is 3.69. The van der Waals surface area contributed by atoms with Crippen molar-refractivity contribution in [1.29, 1.82) is 0 Å². The van der Waals surface area contributed by atoms with E-state index in [0.29, 0.717) is 22.0 Å². The van der Waals surface area contributed by atoms with Gasteiger partial charge in [0, 0.05) is 15.6 Å². The molecule has 0 heterocycles. The van der Waals surface area contributed by atoms with Gasteiger partial charge in [0.2, 0.25) is 0 Å². The first-order chi connectivity index (χ1) is 12.8. The second-order valence-corrected chi connectivity index (χ2v) is 7.32. The molecule has 142 valence electrons. The van der Waals surface area contributed by atoms with E-state index in [1.165, 1.54) is 6.21 Å². The van der Waals surface area contributed by atoms with Gasteiger partial charge in [-0.15, -0.1) is 0 Å². The van der Waals surface area contributed by atoms with Gasteiger partial charge in [-0.2, -0.15) is 5.10 Å². The van der Waals surface area contributed by atoms with Crippen molar-refractivity contribution in [3.8, 4) is 0 Å². The summed E-state index contributed by atoms with van der Waals surface area (Å²) in [6.07, 6.45) is 2.00. The first-order valence-electron chi connectivity index (χ1n) is 8.50. The Labute approximate surface area is 168 Å². The molecule has 2 rings (SSSR count). The van der Waals surface area contributed by atoms with Gasteiger partial charge in [0.25, 0.3) is 11.8 Å². The zero-order valence-electron chi connectivity index (χ0n) is 15.1. The van der Waals surface area contributed by atoms with Crippen molar-refractivity contribution < 1.29 is 9.59 Å². The van der Waals surface area contributed by atoms with Gasteiger partial charge in [0.05, 0.1) is 6.21 Å². The summed E-state index contributed by atoms with van der Waals surface area (Å²) < 4.78 is 0. The van der Waals surface area contributed by atoms with Crippen LogP contribution in [0.3, 0.4) is 0 Å². The van der Waals surface area contributed by atoms with E-state index in [-0.39, 0.29) is 17.7 Å². The van der Waals surface area contributed by atoms with E-state index < -0.39 is 6.04 Å². The molecule has 0 aliphatic heterocycles. The number of carbonyl (C=O) groups is 2. The van der Waals surface area contributed by atoms with Crippen LogP contribution in [-0.2, 0) is 4.79 Å². The van der Waals surface area contributed by atoms with Crippen LogP contribution in [0.4, 0.5) is 0 Å². The van der Waals surface area contributed by atoms with Gasteiger partial charge in [-0.05, 0) is 54.3 Å². The van der Waals surface area contributed by atoms with Crippen LogP contribution in [0.1, 0.15) is 36.2 Å². The highest BCUT2D eigenvalue weighted by molar-refractivity contribution is 6.31. The number of benzene rings is 2. The van der Waals surface area contributed by atoms with Crippen molar-refractivity contribution >= 4 is 41.2 Å². The molecule has 0 aromatic heterocycles. The van der Waals surface area contributed by atoms with Gasteiger partial charge in [-0.25, -0.2) is 5.43 Å². The third kappa shape index (κ3) is 7.04. The van der Waals surface area contributed by atoms with E-state index in [4.69, 9.17) is 23.2 Å². The molecule has 0 saturated heterocycles. The van der Waals surface area contributed by atoms with Gasteiger partial charge in [-0.3, -0.25) is 9.59 Å². The summed E-state index contributed by atoms with van der Waals surface area (Å²) in [4.78, 5) is 24.9. The smallest absolute Gasteiger partial charge is 0.262 e. The van der Waals surface area contributed by atoms with Gasteiger partial charge < -0.3 is 5.32 Å². The van der Waals surface area contributed by atoms with E-state index in [2.05, 4.69) is 15.8 Å². The van der Waals surface area contributed by atoms with Crippen LogP contribution >= 0.6 is 23.2 Å². The van der Waals surface area contributed by atoms with Crippen LogP contribution in [0.15, 0.2) is 53.6 Å². The Morgan fingerprint density at radius 3 is 2.11 bits per heavy atom. The number of halogens is 2. The maximum Gasteiger partial charge on any atom is 0.262 e. The zero-order valence-corrected chi connectivity index (χ0v) is 16.6. The molecule has 2 aromatic rings. The predicted molar refractivity (Wildman–Crippen MR) is 109 cm³/mol. The molecule has 0 aliphatic rings. The topological polar surface area (TPSA) is 70.6 Å². The molecule has 27 heavy (non-hydrogen) atoms. The molecule has 2 N–H and O–H groups in total. The normalized spacial score (nSPS) is 12.2. The molecule has 7 heteroatoms. The zero-order chi connectivity index (χ0) is 19.8. The Morgan fingerprint density at radius 1 is 1.00 bits per heavy atom. The molecule has 0 fully saturated rings. The second kappa shape index (κ2) is 10.1. The third-order valence-corrected chi connectivity index (χ3v) is 4.20. The standard InChI is InChI=1S/C20H21Cl2N3O2/c1-13(2)11-18(24-19(26)15-5-9-17(22)10-6-15)20(27)25-23-12-14-3-7-16(21)8-4-14/h3-10,12-13,18H,11H2,1-2H3,(H,24,26)(H,25,27). The average molecular weight is 406 g/mol. The summed E-state index contributed by atoms with van der Waals surface area (Å²) in [6.45, 7) is 3.96. The minimum absolute atomic E-state index is 0.214. The van der Waals surface area contributed by atoms with E-state index in [1.54, 1.807) is 48.5 Å². The van der Waals surface area contributed by atoms with Gasteiger partial charge in [-0.1, -0.05) is 49.2 Å². The first kappa shape index (κ1) is 20.9. The number of rotatable bonds is 7. The van der Waals surface area contributed by atoms with Crippen LogP contribution in [0.5, 0.6) is 0 Å². The Hall–Kier alpha value is -2.37. The molecule has 1 unspecified atom stereocenters. The van der Waals surface area contributed by atoms with Crippen LogP contribution in [0, 0.1) is 5.92 Å². The van der Waals surface area contributed by atoms with E-state index >= 15 is 0 Å². The second-order valence-electron chi connectivity index (χ2n) is 6.45. The van der Waals surface area contributed by atoms with Crippen LogP contribution in [0.25, 0.3) is 0 Å².